The van der Waals surface area contributed by atoms with Gasteiger partial charge >= 0.3 is 6.18 Å². The Balaban J connectivity index is 1.96. The Morgan fingerprint density at radius 1 is 1.19 bits per heavy atom. The maximum absolute atomic E-state index is 13.2. The predicted molar refractivity (Wildman–Crippen MR) is 99.5 cm³/mol. The Morgan fingerprint density at radius 2 is 1.93 bits per heavy atom. The van der Waals surface area contributed by atoms with E-state index in [4.69, 9.17) is 16.3 Å². The van der Waals surface area contributed by atoms with Crippen molar-refractivity contribution in [3.05, 3.63) is 52.5 Å². The molecule has 0 saturated carbocycles. The minimum Gasteiger partial charge on any atom is -0.495 e. The summed E-state index contributed by atoms with van der Waals surface area (Å²) in [7, 11) is 1.52. The van der Waals surface area contributed by atoms with Gasteiger partial charge in [-0.15, -0.1) is 0 Å². The number of methoxy groups -OCH3 is 1. The summed E-state index contributed by atoms with van der Waals surface area (Å²) in [6.07, 6.45) is -4.42. The highest BCUT2D eigenvalue weighted by Crippen LogP contribution is 2.42. The van der Waals surface area contributed by atoms with Crippen LogP contribution in [0.5, 0.6) is 5.75 Å². The lowest BCUT2D eigenvalue weighted by Gasteiger charge is -2.26. The van der Waals surface area contributed by atoms with Crippen LogP contribution in [-0.4, -0.2) is 31.5 Å². The number of fused-ring (bicyclic) bond motifs is 1. The van der Waals surface area contributed by atoms with Gasteiger partial charge < -0.3 is 19.6 Å². The lowest BCUT2D eigenvalue weighted by molar-refractivity contribution is -0.137. The number of aliphatic hydroxyl groups excluding tert-OH is 1. The smallest absolute Gasteiger partial charge is 0.416 e. The third kappa shape index (κ3) is 3.94. The van der Waals surface area contributed by atoms with Gasteiger partial charge in [-0.2, -0.15) is 13.2 Å². The zero-order valence-electron chi connectivity index (χ0n) is 14.9. The van der Waals surface area contributed by atoms with Gasteiger partial charge in [0.2, 0.25) is 0 Å². The molecule has 1 atom stereocenters. The van der Waals surface area contributed by atoms with Gasteiger partial charge in [0.1, 0.15) is 5.75 Å². The molecule has 0 saturated heterocycles. The summed E-state index contributed by atoms with van der Waals surface area (Å²) in [5, 5.41) is 9.95. The topological polar surface area (TPSA) is 35.9 Å². The van der Waals surface area contributed by atoms with Crippen molar-refractivity contribution in [1.82, 2.24) is 0 Å². The lowest BCUT2D eigenvalue weighted by atomic mass is 10.1. The van der Waals surface area contributed by atoms with Crippen molar-refractivity contribution in [3.63, 3.8) is 0 Å². The number of hydrogen-bond acceptors (Lipinski definition) is 4. The molecule has 4 nitrogen and oxygen atoms in total. The summed E-state index contributed by atoms with van der Waals surface area (Å²) in [4.78, 5) is 3.73. The van der Waals surface area contributed by atoms with Crippen molar-refractivity contribution < 1.29 is 23.0 Å². The largest absolute Gasteiger partial charge is 0.495 e. The van der Waals surface area contributed by atoms with E-state index in [-0.39, 0.29) is 12.6 Å². The summed E-state index contributed by atoms with van der Waals surface area (Å²) in [5.74, 6) is 0.539. The highest BCUT2D eigenvalue weighted by Gasteiger charge is 2.35. The number of ether oxygens (including phenoxy) is 1. The maximum atomic E-state index is 13.2. The summed E-state index contributed by atoms with van der Waals surface area (Å²) >= 11 is 6.17. The Morgan fingerprint density at radius 3 is 2.52 bits per heavy atom. The Labute approximate surface area is 160 Å². The molecule has 1 aliphatic rings. The van der Waals surface area contributed by atoms with Gasteiger partial charge in [0, 0.05) is 6.54 Å². The van der Waals surface area contributed by atoms with Crippen molar-refractivity contribution >= 4 is 23.0 Å². The Kier molecular flexibility index (Phi) is 5.44. The fourth-order valence-corrected chi connectivity index (χ4v) is 3.45. The molecule has 0 aromatic heterocycles. The molecule has 2 aromatic carbocycles. The number of benzene rings is 2. The second-order valence-corrected chi connectivity index (χ2v) is 6.92. The molecule has 8 heteroatoms. The molecular weight excluding hydrogens is 381 g/mol. The molecule has 0 spiro atoms. The van der Waals surface area contributed by atoms with E-state index >= 15 is 0 Å². The molecule has 0 amide bonds. The SMILES string of the molecule is COc1ccc(CN2CN([C@H](C)CO)c3ccc(C(F)(F)F)cc32)cc1Cl. The molecule has 0 unspecified atom stereocenters. The number of hydrogen-bond donors (Lipinski definition) is 1. The molecule has 0 radical (unpaired) electrons. The fourth-order valence-electron chi connectivity index (χ4n) is 3.17. The molecule has 3 rings (SSSR count). The quantitative estimate of drug-likeness (QED) is 0.799. The van der Waals surface area contributed by atoms with Crippen molar-refractivity contribution in [2.24, 2.45) is 0 Å². The second-order valence-electron chi connectivity index (χ2n) is 6.51. The van der Waals surface area contributed by atoms with Crippen LogP contribution in [0.3, 0.4) is 0 Å². The second kappa shape index (κ2) is 7.48. The number of rotatable bonds is 5. The summed E-state index contributed by atoms with van der Waals surface area (Å²) in [6, 6.07) is 8.78. The van der Waals surface area contributed by atoms with Crippen LogP contribution in [0.1, 0.15) is 18.1 Å². The zero-order valence-corrected chi connectivity index (χ0v) is 15.7. The Bertz CT molecular complexity index is 829. The summed E-state index contributed by atoms with van der Waals surface area (Å²) in [6.45, 7) is 2.49. The van der Waals surface area contributed by atoms with E-state index in [1.807, 2.05) is 22.8 Å². The normalized spacial score (nSPS) is 15.1. The summed E-state index contributed by atoms with van der Waals surface area (Å²) < 4.78 is 44.6. The van der Waals surface area contributed by atoms with E-state index < -0.39 is 11.7 Å². The van der Waals surface area contributed by atoms with Crippen LogP contribution >= 0.6 is 11.6 Å². The fraction of sp³-hybridized carbons (Fsp3) is 0.368. The van der Waals surface area contributed by atoms with Gasteiger partial charge in [0.15, 0.2) is 0 Å². The number of alkyl halides is 3. The number of halogens is 4. The molecule has 146 valence electrons. The minimum absolute atomic E-state index is 0.0946. The van der Waals surface area contributed by atoms with Gasteiger partial charge in [-0.1, -0.05) is 17.7 Å². The van der Waals surface area contributed by atoms with Crippen LogP contribution in [-0.2, 0) is 12.7 Å². The van der Waals surface area contributed by atoms with Crippen molar-refractivity contribution in [1.29, 1.82) is 0 Å². The first-order valence-corrected chi connectivity index (χ1v) is 8.78. The Hall–Kier alpha value is -2.12. The first-order chi connectivity index (χ1) is 12.7. The molecule has 2 aromatic rings. The van der Waals surface area contributed by atoms with Crippen molar-refractivity contribution in [2.75, 3.05) is 30.2 Å². The zero-order chi connectivity index (χ0) is 19.8. The summed E-state index contributed by atoms with van der Waals surface area (Å²) in [5.41, 5.74) is 1.31. The molecule has 27 heavy (non-hydrogen) atoms. The van der Waals surface area contributed by atoms with E-state index in [1.54, 1.807) is 12.1 Å². The standard InChI is InChI=1S/C19H20ClF3N2O2/c1-12(10-26)25-11-24(9-13-3-6-18(27-2)15(20)7-13)17-8-14(19(21,22)23)4-5-16(17)25/h3-8,12,26H,9-11H2,1-2H3/t12-/m1/s1. The molecule has 0 fully saturated rings. The van der Waals surface area contributed by atoms with Crippen LogP contribution in [0.2, 0.25) is 5.02 Å². The highest BCUT2D eigenvalue weighted by molar-refractivity contribution is 6.32. The molecular formula is C19H20ClF3N2O2. The molecule has 0 aliphatic carbocycles. The van der Waals surface area contributed by atoms with Crippen molar-refractivity contribution in [2.45, 2.75) is 25.7 Å². The number of anilines is 2. The maximum Gasteiger partial charge on any atom is 0.416 e. The number of aliphatic hydroxyl groups is 1. The lowest BCUT2D eigenvalue weighted by Crippen LogP contribution is -2.38. The van der Waals surface area contributed by atoms with Crippen LogP contribution in [0.4, 0.5) is 24.5 Å². The van der Waals surface area contributed by atoms with Crippen LogP contribution in [0.25, 0.3) is 0 Å². The third-order valence-electron chi connectivity index (χ3n) is 4.66. The van der Waals surface area contributed by atoms with Crippen LogP contribution < -0.4 is 14.5 Å². The van der Waals surface area contributed by atoms with E-state index in [1.165, 1.54) is 13.2 Å². The average Bonchev–Trinajstić information content (AvgIpc) is 2.98. The third-order valence-corrected chi connectivity index (χ3v) is 4.96. The van der Waals surface area contributed by atoms with Crippen LogP contribution in [0, 0.1) is 0 Å². The first kappa shape index (κ1) is 19.6. The van der Waals surface area contributed by atoms with Gasteiger partial charge in [0.05, 0.1) is 48.4 Å². The van der Waals surface area contributed by atoms with Gasteiger partial charge in [-0.05, 0) is 42.8 Å². The van der Waals surface area contributed by atoms with Gasteiger partial charge in [-0.25, -0.2) is 0 Å². The molecule has 0 bridgehead atoms. The monoisotopic (exact) mass is 400 g/mol. The van der Waals surface area contributed by atoms with Crippen LogP contribution in [0.15, 0.2) is 36.4 Å². The van der Waals surface area contributed by atoms with E-state index in [0.29, 0.717) is 35.4 Å². The molecule has 1 N–H and O–H groups in total. The van der Waals surface area contributed by atoms with E-state index in [2.05, 4.69) is 0 Å². The van der Waals surface area contributed by atoms with Gasteiger partial charge in [-0.3, -0.25) is 0 Å². The highest BCUT2D eigenvalue weighted by atomic mass is 35.5. The van der Waals surface area contributed by atoms with E-state index in [0.717, 1.165) is 17.7 Å². The first-order valence-electron chi connectivity index (χ1n) is 8.40. The minimum atomic E-state index is -4.42. The van der Waals surface area contributed by atoms with E-state index in [9.17, 15) is 18.3 Å². The predicted octanol–water partition coefficient (Wildman–Crippen LogP) is 4.53. The molecule has 1 heterocycles. The number of nitrogens with zero attached hydrogens (tertiary/aromatic N) is 2. The molecule has 1 aliphatic heterocycles. The van der Waals surface area contributed by atoms with Gasteiger partial charge in [0.25, 0.3) is 0 Å². The van der Waals surface area contributed by atoms with Crippen molar-refractivity contribution in [3.8, 4) is 5.75 Å². The average molecular weight is 401 g/mol.